The van der Waals surface area contributed by atoms with Crippen LogP contribution in [0.4, 0.5) is 8.78 Å². The molecule has 98 valence electrons. The monoisotopic (exact) mass is 317 g/mol. The first-order valence-electron chi connectivity index (χ1n) is 5.96. The number of alkyl halides is 1. The van der Waals surface area contributed by atoms with Gasteiger partial charge in [0.25, 0.3) is 5.91 Å². The number of hydrogen-bond acceptors (Lipinski definition) is 1. The second-order valence-electron chi connectivity index (χ2n) is 4.51. The van der Waals surface area contributed by atoms with Crippen molar-refractivity contribution in [2.24, 2.45) is 5.92 Å². The van der Waals surface area contributed by atoms with E-state index in [1.165, 1.54) is 6.07 Å². The van der Waals surface area contributed by atoms with Crippen molar-refractivity contribution in [3.8, 4) is 0 Å². The minimum atomic E-state index is -0.825. The minimum absolute atomic E-state index is 0.337. The maximum absolute atomic E-state index is 13.4. The maximum Gasteiger partial charge on any atom is 0.257 e. The van der Waals surface area contributed by atoms with E-state index in [-0.39, 0.29) is 0 Å². The van der Waals surface area contributed by atoms with Gasteiger partial charge in [0.05, 0.1) is 0 Å². The molecule has 1 aromatic rings. The molecule has 1 aliphatic rings. The molecule has 0 saturated heterocycles. The summed E-state index contributed by atoms with van der Waals surface area (Å²) in [6.07, 6.45) is 3.22. The number of benzene rings is 1. The lowest BCUT2D eigenvalue weighted by Gasteiger charge is -2.15. The third-order valence-electron chi connectivity index (χ3n) is 3.28. The summed E-state index contributed by atoms with van der Waals surface area (Å²) in [7, 11) is 0. The maximum atomic E-state index is 13.4. The van der Waals surface area contributed by atoms with E-state index in [0.29, 0.717) is 17.3 Å². The van der Waals surface area contributed by atoms with Gasteiger partial charge < -0.3 is 5.32 Å². The van der Waals surface area contributed by atoms with Gasteiger partial charge in [-0.25, -0.2) is 8.78 Å². The molecule has 2 nitrogen and oxygen atoms in total. The predicted octanol–water partition coefficient (Wildman–Crippen LogP) is 3.26. The van der Waals surface area contributed by atoms with E-state index >= 15 is 0 Å². The molecule has 0 spiro atoms. The molecule has 2 atom stereocenters. The van der Waals surface area contributed by atoms with E-state index in [1.807, 2.05) is 0 Å². The smallest absolute Gasteiger partial charge is 0.257 e. The minimum Gasteiger partial charge on any atom is -0.352 e. The largest absolute Gasteiger partial charge is 0.352 e. The number of nitrogens with one attached hydrogen (secondary N) is 1. The topological polar surface area (TPSA) is 29.1 Å². The SMILES string of the molecule is O=C(NCC1CCCC1Br)c1c(F)cccc1F. The van der Waals surface area contributed by atoms with Crippen molar-refractivity contribution < 1.29 is 13.6 Å². The Morgan fingerprint density at radius 1 is 1.33 bits per heavy atom. The van der Waals surface area contributed by atoms with Crippen LogP contribution < -0.4 is 5.32 Å². The molecule has 1 amide bonds. The number of carbonyl (C=O) groups is 1. The van der Waals surface area contributed by atoms with Crippen molar-refractivity contribution in [3.05, 3.63) is 35.4 Å². The summed E-state index contributed by atoms with van der Waals surface area (Å²) >= 11 is 3.54. The molecule has 0 aliphatic heterocycles. The molecule has 18 heavy (non-hydrogen) atoms. The molecular formula is C13H14BrF2NO. The quantitative estimate of drug-likeness (QED) is 0.852. The van der Waals surface area contributed by atoms with E-state index in [1.54, 1.807) is 0 Å². The fourth-order valence-electron chi connectivity index (χ4n) is 2.25. The lowest BCUT2D eigenvalue weighted by Crippen LogP contribution is -2.32. The molecule has 0 bridgehead atoms. The Hall–Kier alpha value is -0.970. The predicted molar refractivity (Wildman–Crippen MR) is 68.7 cm³/mol. The summed E-state index contributed by atoms with van der Waals surface area (Å²) in [5.74, 6) is -2.00. The van der Waals surface area contributed by atoms with E-state index in [0.717, 1.165) is 31.4 Å². The summed E-state index contributed by atoms with van der Waals surface area (Å²) in [4.78, 5) is 12.1. The van der Waals surface area contributed by atoms with Gasteiger partial charge in [0.15, 0.2) is 0 Å². The first kappa shape index (κ1) is 13.5. The van der Waals surface area contributed by atoms with Crippen LogP contribution >= 0.6 is 15.9 Å². The average Bonchev–Trinajstić information content (AvgIpc) is 2.72. The van der Waals surface area contributed by atoms with Gasteiger partial charge in [0.1, 0.15) is 17.2 Å². The fourth-order valence-corrected chi connectivity index (χ4v) is 3.02. The Labute approximate surface area is 113 Å². The molecule has 1 N–H and O–H groups in total. The summed E-state index contributed by atoms with van der Waals surface area (Å²) < 4.78 is 26.7. The van der Waals surface area contributed by atoms with Crippen LogP contribution in [0.5, 0.6) is 0 Å². The Bertz CT molecular complexity index is 432. The van der Waals surface area contributed by atoms with Crippen LogP contribution in [-0.2, 0) is 0 Å². The second kappa shape index (κ2) is 5.78. The average molecular weight is 318 g/mol. The molecule has 5 heteroatoms. The number of rotatable bonds is 3. The highest BCUT2D eigenvalue weighted by Gasteiger charge is 2.26. The van der Waals surface area contributed by atoms with Crippen molar-refractivity contribution in [3.63, 3.8) is 0 Å². The fraction of sp³-hybridized carbons (Fsp3) is 0.462. The number of carbonyl (C=O) groups excluding carboxylic acids is 1. The summed E-state index contributed by atoms with van der Waals surface area (Å²) in [6.45, 7) is 0.447. The van der Waals surface area contributed by atoms with Crippen LogP contribution in [0.3, 0.4) is 0 Å². The van der Waals surface area contributed by atoms with Crippen molar-refractivity contribution in [2.75, 3.05) is 6.54 Å². The van der Waals surface area contributed by atoms with Crippen molar-refractivity contribution in [1.82, 2.24) is 5.32 Å². The standard InChI is InChI=1S/C13H14BrF2NO/c14-9-4-1-3-8(9)7-17-13(18)12-10(15)5-2-6-11(12)16/h2,5-6,8-9H,1,3-4,7H2,(H,17,18). The van der Waals surface area contributed by atoms with Crippen molar-refractivity contribution >= 4 is 21.8 Å². The number of halogens is 3. The molecule has 1 aromatic carbocycles. The van der Waals surface area contributed by atoms with Gasteiger partial charge in [-0.2, -0.15) is 0 Å². The highest BCUT2D eigenvalue weighted by molar-refractivity contribution is 9.09. The highest BCUT2D eigenvalue weighted by Crippen LogP contribution is 2.30. The van der Waals surface area contributed by atoms with Crippen LogP contribution in [0.25, 0.3) is 0 Å². The number of amides is 1. The lowest BCUT2D eigenvalue weighted by molar-refractivity contribution is 0.0939. The van der Waals surface area contributed by atoms with Gasteiger partial charge in [0.2, 0.25) is 0 Å². The van der Waals surface area contributed by atoms with Gasteiger partial charge in [0, 0.05) is 11.4 Å². The zero-order chi connectivity index (χ0) is 13.1. The molecule has 2 rings (SSSR count). The van der Waals surface area contributed by atoms with Gasteiger partial charge in [-0.1, -0.05) is 28.4 Å². The second-order valence-corrected chi connectivity index (χ2v) is 5.69. The molecule has 0 heterocycles. The molecule has 2 unspecified atom stereocenters. The first-order valence-corrected chi connectivity index (χ1v) is 6.87. The van der Waals surface area contributed by atoms with E-state index in [9.17, 15) is 13.6 Å². The van der Waals surface area contributed by atoms with E-state index in [2.05, 4.69) is 21.2 Å². The van der Waals surface area contributed by atoms with Crippen LogP contribution in [0.2, 0.25) is 0 Å². The normalized spacial score (nSPS) is 23.1. The van der Waals surface area contributed by atoms with Gasteiger partial charge in [-0.3, -0.25) is 4.79 Å². The van der Waals surface area contributed by atoms with Crippen molar-refractivity contribution in [1.29, 1.82) is 0 Å². The van der Waals surface area contributed by atoms with Crippen LogP contribution in [-0.4, -0.2) is 17.3 Å². The molecule has 1 saturated carbocycles. The van der Waals surface area contributed by atoms with Crippen LogP contribution in [0.15, 0.2) is 18.2 Å². The highest BCUT2D eigenvalue weighted by atomic mass is 79.9. The summed E-state index contributed by atoms with van der Waals surface area (Å²) in [6, 6.07) is 3.41. The van der Waals surface area contributed by atoms with E-state index in [4.69, 9.17) is 0 Å². The Morgan fingerprint density at radius 2 is 2.00 bits per heavy atom. The third kappa shape index (κ3) is 2.88. The third-order valence-corrected chi connectivity index (χ3v) is 4.49. The Morgan fingerprint density at radius 3 is 2.56 bits per heavy atom. The van der Waals surface area contributed by atoms with E-state index < -0.39 is 23.1 Å². The van der Waals surface area contributed by atoms with Crippen LogP contribution in [0.1, 0.15) is 29.6 Å². The zero-order valence-corrected chi connectivity index (χ0v) is 11.3. The van der Waals surface area contributed by atoms with Gasteiger partial charge in [-0.05, 0) is 30.9 Å². The molecule has 1 fully saturated rings. The Kier molecular flexibility index (Phi) is 4.32. The molecular weight excluding hydrogens is 304 g/mol. The van der Waals surface area contributed by atoms with Crippen molar-refractivity contribution in [2.45, 2.75) is 24.1 Å². The number of hydrogen-bond donors (Lipinski definition) is 1. The van der Waals surface area contributed by atoms with Gasteiger partial charge >= 0.3 is 0 Å². The molecule has 1 aliphatic carbocycles. The summed E-state index contributed by atoms with van der Waals surface area (Å²) in [5, 5.41) is 2.60. The summed E-state index contributed by atoms with van der Waals surface area (Å²) in [5.41, 5.74) is -0.499. The lowest BCUT2D eigenvalue weighted by atomic mass is 10.1. The van der Waals surface area contributed by atoms with Gasteiger partial charge in [-0.15, -0.1) is 0 Å². The zero-order valence-electron chi connectivity index (χ0n) is 9.76. The molecule has 0 radical (unpaired) electrons. The first-order chi connectivity index (χ1) is 8.59. The molecule has 0 aromatic heterocycles. The van der Waals surface area contributed by atoms with Crippen LogP contribution in [0, 0.1) is 17.6 Å². The Balaban J connectivity index is 1.99.